The van der Waals surface area contributed by atoms with Crippen LogP contribution in [0.25, 0.3) is 5.52 Å². The molecule has 7 heteroatoms. The maximum Gasteiger partial charge on any atom is 0.341 e. The van der Waals surface area contributed by atoms with Crippen LogP contribution in [0.3, 0.4) is 0 Å². The van der Waals surface area contributed by atoms with Gasteiger partial charge in [0.2, 0.25) is 0 Å². The van der Waals surface area contributed by atoms with Gasteiger partial charge in [0, 0.05) is 25.3 Å². The number of ether oxygens (including phenoxy) is 1. The van der Waals surface area contributed by atoms with Crippen molar-refractivity contribution in [2.45, 2.75) is 38.1 Å². The van der Waals surface area contributed by atoms with E-state index in [0.717, 1.165) is 43.6 Å². The van der Waals surface area contributed by atoms with E-state index in [4.69, 9.17) is 10.5 Å². The third kappa shape index (κ3) is 2.96. The number of hydrogen-bond acceptors (Lipinski definition) is 5. The van der Waals surface area contributed by atoms with Gasteiger partial charge in [-0.15, -0.1) is 0 Å². The van der Waals surface area contributed by atoms with Gasteiger partial charge in [-0.2, -0.15) is 0 Å². The van der Waals surface area contributed by atoms with E-state index in [9.17, 15) is 14.7 Å². The summed E-state index contributed by atoms with van der Waals surface area (Å²) in [5, 5.41) is 9.42. The summed E-state index contributed by atoms with van der Waals surface area (Å²) in [5.41, 5.74) is 7.87. The minimum Gasteiger partial charge on any atom is -0.492 e. The molecule has 2 aliphatic rings. The minimum absolute atomic E-state index is 0.129. The molecule has 0 radical (unpaired) electrons. The minimum atomic E-state index is -1.20. The van der Waals surface area contributed by atoms with Crippen molar-refractivity contribution in [3.05, 3.63) is 39.8 Å². The summed E-state index contributed by atoms with van der Waals surface area (Å²) >= 11 is 0. The van der Waals surface area contributed by atoms with E-state index in [1.54, 1.807) is 19.4 Å². The first-order valence-electron chi connectivity index (χ1n) is 9.42. The third-order valence-electron chi connectivity index (χ3n) is 5.85. The summed E-state index contributed by atoms with van der Waals surface area (Å²) in [7, 11) is 1.60. The summed E-state index contributed by atoms with van der Waals surface area (Å²) in [6.45, 7) is 3.76. The van der Waals surface area contributed by atoms with Crippen molar-refractivity contribution >= 4 is 17.2 Å². The molecule has 27 heavy (non-hydrogen) atoms. The molecule has 1 aliphatic heterocycles. The summed E-state index contributed by atoms with van der Waals surface area (Å²) in [6, 6.07) is 3.52. The maximum atomic E-state index is 12.7. The van der Waals surface area contributed by atoms with Gasteiger partial charge in [-0.25, -0.2) is 4.79 Å². The van der Waals surface area contributed by atoms with Crippen LogP contribution in [-0.2, 0) is 0 Å². The quantitative estimate of drug-likeness (QED) is 0.835. The first-order chi connectivity index (χ1) is 12.9. The number of carboxylic acids is 1. The van der Waals surface area contributed by atoms with Gasteiger partial charge < -0.3 is 20.5 Å². The number of carboxylic acid groups (broad SMARTS) is 1. The monoisotopic (exact) mass is 371 g/mol. The second kappa shape index (κ2) is 6.56. The fraction of sp³-hybridized carbons (Fsp3) is 0.500. The number of aromatic nitrogens is 1. The predicted molar refractivity (Wildman–Crippen MR) is 103 cm³/mol. The van der Waals surface area contributed by atoms with Crippen LogP contribution in [0.15, 0.2) is 23.1 Å². The molecule has 0 aromatic carbocycles. The molecular formula is C20H25N3O4. The number of fused-ring (bicyclic) bond motifs is 1. The standard InChI is InChI=1S/C20H25N3O4/c1-11(21)13-5-7-22(10-13)16-6-8-23-17(18(16)27-2)14(12-3-4-12)9-15(19(23)24)20(25)26/h6,8-9,11-13H,3-5,7,10,21H2,1-2H3,(H,25,26). The van der Waals surface area contributed by atoms with Gasteiger partial charge in [0.25, 0.3) is 5.56 Å². The Kier molecular flexibility index (Phi) is 4.34. The van der Waals surface area contributed by atoms with Crippen molar-refractivity contribution in [2.75, 3.05) is 25.1 Å². The normalized spacial score (nSPS) is 20.9. The summed E-state index contributed by atoms with van der Waals surface area (Å²) < 4.78 is 7.19. The van der Waals surface area contributed by atoms with Crippen LogP contribution in [0.2, 0.25) is 0 Å². The molecule has 0 bridgehead atoms. The molecule has 0 amide bonds. The number of carbonyl (C=O) groups is 1. The number of methoxy groups -OCH3 is 1. The van der Waals surface area contributed by atoms with E-state index in [-0.39, 0.29) is 17.5 Å². The maximum absolute atomic E-state index is 12.7. The summed E-state index contributed by atoms with van der Waals surface area (Å²) in [6.07, 6.45) is 4.69. The van der Waals surface area contributed by atoms with Gasteiger partial charge in [-0.05, 0) is 55.7 Å². The van der Waals surface area contributed by atoms with Gasteiger partial charge in [0.15, 0.2) is 5.75 Å². The van der Waals surface area contributed by atoms with Gasteiger partial charge in [0.1, 0.15) is 5.56 Å². The van der Waals surface area contributed by atoms with Crippen molar-refractivity contribution in [3.8, 4) is 5.75 Å². The first kappa shape index (κ1) is 17.9. The lowest BCUT2D eigenvalue weighted by Crippen LogP contribution is -2.30. The fourth-order valence-corrected chi connectivity index (χ4v) is 4.13. The Morgan fingerprint density at radius 1 is 1.37 bits per heavy atom. The fourth-order valence-electron chi connectivity index (χ4n) is 4.13. The number of anilines is 1. The van der Waals surface area contributed by atoms with E-state index in [0.29, 0.717) is 17.2 Å². The summed E-state index contributed by atoms with van der Waals surface area (Å²) in [4.78, 5) is 26.5. The van der Waals surface area contributed by atoms with Crippen LogP contribution >= 0.6 is 0 Å². The number of hydrogen-bond donors (Lipinski definition) is 2. The number of rotatable bonds is 5. The Hall–Kier alpha value is -2.54. The second-order valence-corrected chi connectivity index (χ2v) is 7.70. The zero-order valence-corrected chi connectivity index (χ0v) is 15.6. The van der Waals surface area contributed by atoms with Gasteiger partial charge in [0.05, 0.1) is 18.3 Å². The van der Waals surface area contributed by atoms with Crippen LogP contribution in [-0.4, -0.2) is 41.7 Å². The molecule has 3 heterocycles. The Morgan fingerprint density at radius 2 is 2.11 bits per heavy atom. The lowest BCUT2D eigenvalue weighted by atomic mass is 10.0. The highest BCUT2D eigenvalue weighted by Gasteiger charge is 2.32. The Morgan fingerprint density at radius 3 is 2.67 bits per heavy atom. The lowest BCUT2D eigenvalue weighted by Gasteiger charge is -2.24. The average molecular weight is 371 g/mol. The molecule has 0 spiro atoms. The molecule has 1 saturated heterocycles. The van der Waals surface area contributed by atoms with E-state index in [2.05, 4.69) is 4.90 Å². The highest BCUT2D eigenvalue weighted by atomic mass is 16.5. The van der Waals surface area contributed by atoms with E-state index >= 15 is 0 Å². The first-order valence-corrected chi connectivity index (χ1v) is 9.42. The molecule has 4 rings (SSSR count). The third-order valence-corrected chi connectivity index (χ3v) is 5.85. The van der Waals surface area contributed by atoms with Crippen LogP contribution in [0, 0.1) is 5.92 Å². The average Bonchev–Trinajstić information content (AvgIpc) is 3.36. The molecule has 144 valence electrons. The Labute approximate surface area is 157 Å². The molecule has 2 aromatic rings. The smallest absolute Gasteiger partial charge is 0.341 e. The summed E-state index contributed by atoms with van der Waals surface area (Å²) in [5.74, 6) is 0.140. The SMILES string of the molecule is COc1c(N2CCC(C(C)N)C2)ccn2c(=O)c(C(=O)O)cc(C3CC3)c12. The molecule has 2 fully saturated rings. The zero-order chi connectivity index (χ0) is 19.3. The number of aromatic carboxylic acids is 1. The van der Waals surface area contributed by atoms with E-state index in [1.165, 1.54) is 4.40 Å². The van der Waals surface area contributed by atoms with Crippen molar-refractivity contribution in [3.63, 3.8) is 0 Å². The number of nitrogens with zero attached hydrogens (tertiary/aromatic N) is 2. The van der Waals surface area contributed by atoms with Crippen LogP contribution in [0.1, 0.15) is 48.0 Å². The van der Waals surface area contributed by atoms with Gasteiger partial charge in [-0.1, -0.05) is 0 Å². The molecular weight excluding hydrogens is 346 g/mol. The van der Waals surface area contributed by atoms with Crippen molar-refractivity contribution in [2.24, 2.45) is 11.7 Å². The lowest BCUT2D eigenvalue weighted by molar-refractivity contribution is 0.0694. The molecule has 2 unspecified atom stereocenters. The highest BCUT2D eigenvalue weighted by Crippen LogP contribution is 2.46. The van der Waals surface area contributed by atoms with Crippen molar-refractivity contribution in [1.82, 2.24) is 4.40 Å². The van der Waals surface area contributed by atoms with E-state index < -0.39 is 11.5 Å². The Balaban J connectivity index is 1.91. The molecule has 7 nitrogen and oxygen atoms in total. The number of nitrogens with two attached hydrogens (primary N) is 1. The predicted octanol–water partition coefficient (Wildman–Crippen LogP) is 2.06. The van der Waals surface area contributed by atoms with Crippen molar-refractivity contribution < 1.29 is 14.6 Å². The molecule has 1 saturated carbocycles. The van der Waals surface area contributed by atoms with Crippen LogP contribution < -0.4 is 20.9 Å². The molecule has 2 aromatic heterocycles. The Bertz CT molecular complexity index is 962. The molecule has 3 N–H and O–H groups in total. The second-order valence-electron chi connectivity index (χ2n) is 7.70. The number of pyridine rings is 2. The van der Waals surface area contributed by atoms with Gasteiger partial charge in [-0.3, -0.25) is 9.20 Å². The topological polar surface area (TPSA) is 97.3 Å². The molecule has 1 aliphatic carbocycles. The highest BCUT2D eigenvalue weighted by molar-refractivity contribution is 5.89. The van der Waals surface area contributed by atoms with Gasteiger partial charge >= 0.3 is 5.97 Å². The molecule has 2 atom stereocenters. The van der Waals surface area contributed by atoms with Crippen molar-refractivity contribution in [1.29, 1.82) is 0 Å². The largest absolute Gasteiger partial charge is 0.492 e. The van der Waals surface area contributed by atoms with Crippen LogP contribution in [0.4, 0.5) is 5.69 Å². The van der Waals surface area contributed by atoms with E-state index in [1.807, 2.05) is 13.0 Å². The zero-order valence-electron chi connectivity index (χ0n) is 15.6. The van der Waals surface area contributed by atoms with Crippen LogP contribution in [0.5, 0.6) is 5.75 Å².